The van der Waals surface area contributed by atoms with Crippen LogP contribution in [0.1, 0.15) is 36.9 Å². The Labute approximate surface area is 169 Å². The van der Waals surface area contributed by atoms with Crippen molar-refractivity contribution in [3.05, 3.63) is 65.7 Å². The van der Waals surface area contributed by atoms with Gasteiger partial charge in [-0.3, -0.25) is 4.79 Å². The van der Waals surface area contributed by atoms with Gasteiger partial charge in [0, 0.05) is 18.7 Å². The van der Waals surface area contributed by atoms with Gasteiger partial charge in [0.1, 0.15) is 6.61 Å². The lowest BCUT2D eigenvalue weighted by molar-refractivity contribution is -0.121. The maximum atomic E-state index is 12.1. The van der Waals surface area contributed by atoms with Crippen LogP contribution in [0.5, 0.6) is 0 Å². The molecule has 8 nitrogen and oxygen atoms in total. The summed E-state index contributed by atoms with van der Waals surface area (Å²) < 4.78 is 5.11. The third-order valence-electron chi connectivity index (χ3n) is 4.12. The summed E-state index contributed by atoms with van der Waals surface area (Å²) in [6.07, 6.45) is 0.276. The lowest BCUT2D eigenvalue weighted by Gasteiger charge is -2.15. The number of rotatable bonds is 9. The van der Waals surface area contributed by atoms with E-state index in [1.54, 1.807) is 24.3 Å². The molecule has 0 saturated heterocycles. The quantitative estimate of drug-likeness (QED) is 0.485. The molecule has 0 radical (unpaired) electrons. The van der Waals surface area contributed by atoms with Gasteiger partial charge in [-0.2, -0.15) is 0 Å². The molecular weight excluding hydrogens is 372 g/mol. The molecule has 2 aromatic rings. The fourth-order valence-corrected chi connectivity index (χ4v) is 2.61. The molecular formula is C21H26N4O4. The third kappa shape index (κ3) is 8.34. The second kappa shape index (κ2) is 11.3. The first-order chi connectivity index (χ1) is 13.9. The van der Waals surface area contributed by atoms with E-state index in [1.165, 1.54) is 0 Å². The minimum Gasteiger partial charge on any atom is -0.445 e. The number of hydrogen-bond acceptors (Lipinski definition) is 4. The van der Waals surface area contributed by atoms with Crippen LogP contribution < -0.4 is 21.7 Å². The van der Waals surface area contributed by atoms with Crippen LogP contribution in [0.3, 0.4) is 0 Å². The van der Waals surface area contributed by atoms with Gasteiger partial charge in [0.2, 0.25) is 5.91 Å². The molecule has 0 bridgehead atoms. The maximum absolute atomic E-state index is 12.1. The van der Waals surface area contributed by atoms with E-state index in [-0.39, 0.29) is 25.0 Å². The van der Waals surface area contributed by atoms with Gasteiger partial charge in [0.05, 0.1) is 6.04 Å². The molecule has 0 aliphatic rings. The largest absolute Gasteiger partial charge is 0.445 e. The number of hydrogen-bond donors (Lipinski definition) is 4. The first-order valence-electron chi connectivity index (χ1n) is 9.34. The number of anilines is 1. The van der Waals surface area contributed by atoms with Crippen molar-refractivity contribution in [2.75, 3.05) is 11.9 Å². The van der Waals surface area contributed by atoms with Crippen LogP contribution in [0.25, 0.3) is 0 Å². The maximum Gasteiger partial charge on any atom is 0.407 e. The van der Waals surface area contributed by atoms with E-state index in [0.29, 0.717) is 18.7 Å². The third-order valence-corrected chi connectivity index (χ3v) is 4.12. The lowest BCUT2D eigenvalue weighted by atomic mass is 10.1. The molecule has 29 heavy (non-hydrogen) atoms. The highest BCUT2D eigenvalue weighted by Gasteiger charge is 2.10. The first kappa shape index (κ1) is 21.7. The number of alkyl carbamates (subject to hydrolysis) is 1. The number of benzene rings is 2. The molecule has 0 aromatic heterocycles. The van der Waals surface area contributed by atoms with Gasteiger partial charge in [0.25, 0.3) is 0 Å². The second-order valence-electron chi connectivity index (χ2n) is 6.49. The summed E-state index contributed by atoms with van der Waals surface area (Å²) in [6, 6.07) is 15.6. The summed E-state index contributed by atoms with van der Waals surface area (Å²) in [5.41, 5.74) is 7.47. The Morgan fingerprint density at radius 3 is 2.38 bits per heavy atom. The molecule has 0 aliphatic carbocycles. The summed E-state index contributed by atoms with van der Waals surface area (Å²) in [6.45, 7) is 2.43. The number of carbonyl (C=O) groups is 3. The van der Waals surface area contributed by atoms with Crippen LogP contribution in [0.2, 0.25) is 0 Å². The summed E-state index contributed by atoms with van der Waals surface area (Å²) in [4.78, 5) is 34.5. The molecule has 4 amide bonds. The average Bonchev–Trinajstić information content (AvgIpc) is 2.70. The monoisotopic (exact) mass is 398 g/mol. The number of nitrogens with two attached hydrogens (primary N) is 1. The van der Waals surface area contributed by atoms with Crippen LogP contribution in [0.4, 0.5) is 15.3 Å². The molecule has 0 spiro atoms. The van der Waals surface area contributed by atoms with Crippen molar-refractivity contribution in [3.63, 3.8) is 0 Å². The van der Waals surface area contributed by atoms with Crippen LogP contribution >= 0.6 is 0 Å². The van der Waals surface area contributed by atoms with Gasteiger partial charge in [-0.25, -0.2) is 9.59 Å². The minimum absolute atomic E-state index is 0.115. The molecule has 1 atom stereocenters. The van der Waals surface area contributed by atoms with E-state index in [0.717, 1.165) is 11.1 Å². The Kier molecular flexibility index (Phi) is 8.50. The Balaban J connectivity index is 1.62. The van der Waals surface area contributed by atoms with E-state index >= 15 is 0 Å². The number of ether oxygens (including phenoxy) is 1. The van der Waals surface area contributed by atoms with Crippen LogP contribution in [-0.4, -0.2) is 24.6 Å². The van der Waals surface area contributed by atoms with Crippen molar-refractivity contribution in [2.45, 2.75) is 32.4 Å². The molecule has 1 unspecified atom stereocenters. The van der Waals surface area contributed by atoms with Gasteiger partial charge in [-0.1, -0.05) is 42.5 Å². The zero-order valence-corrected chi connectivity index (χ0v) is 16.3. The van der Waals surface area contributed by atoms with Crippen LogP contribution in [0, 0.1) is 0 Å². The van der Waals surface area contributed by atoms with Gasteiger partial charge in [-0.15, -0.1) is 0 Å². The van der Waals surface area contributed by atoms with E-state index in [9.17, 15) is 14.4 Å². The Morgan fingerprint density at radius 2 is 1.72 bits per heavy atom. The van der Waals surface area contributed by atoms with Crippen LogP contribution in [-0.2, 0) is 16.1 Å². The zero-order valence-electron chi connectivity index (χ0n) is 16.3. The molecule has 0 aliphatic heterocycles. The Morgan fingerprint density at radius 1 is 1.03 bits per heavy atom. The zero-order chi connectivity index (χ0) is 21.1. The highest BCUT2D eigenvalue weighted by atomic mass is 16.5. The molecule has 0 heterocycles. The van der Waals surface area contributed by atoms with Crippen molar-refractivity contribution in [1.82, 2.24) is 10.6 Å². The van der Waals surface area contributed by atoms with Gasteiger partial charge < -0.3 is 26.4 Å². The average molecular weight is 398 g/mol. The fourth-order valence-electron chi connectivity index (χ4n) is 2.61. The molecule has 154 valence electrons. The van der Waals surface area contributed by atoms with Crippen molar-refractivity contribution in [3.8, 4) is 0 Å². The summed E-state index contributed by atoms with van der Waals surface area (Å²) in [5, 5.41) is 8.01. The normalized spacial score (nSPS) is 11.2. The number of nitrogens with one attached hydrogen (secondary N) is 3. The minimum atomic E-state index is -0.628. The van der Waals surface area contributed by atoms with Crippen molar-refractivity contribution >= 4 is 23.7 Å². The van der Waals surface area contributed by atoms with E-state index in [1.807, 2.05) is 37.3 Å². The highest BCUT2D eigenvalue weighted by molar-refractivity contribution is 5.87. The molecule has 2 rings (SSSR count). The molecule has 2 aromatic carbocycles. The smallest absolute Gasteiger partial charge is 0.407 e. The van der Waals surface area contributed by atoms with Crippen LogP contribution in [0.15, 0.2) is 54.6 Å². The standard InChI is InChI=1S/C21H26N4O4/c1-15(17-9-11-18(12-10-17)25-20(22)27)24-19(26)8-5-13-23-21(28)29-14-16-6-3-2-4-7-16/h2-4,6-7,9-12,15H,5,8,13-14H2,1H3,(H,23,28)(H,24,26)(H3,22,25,27). The topological polar surface area (TPSA) is 123 Å². The highest BCUT2D eigenvalue weighted by Crippen LogP contribution is 2.16. The number of carbonyl (C=O) groups excluding carboxylic acids is 3. The Hall–Kier alpha value is -3.55. The van der Waals surface area contributed by atoms with E-state index < -0.39 is 12.1 Å². The lowest BCUT2D eigenvalue weighted by Crippen LogP contribution is -2.29. The van der Waals surface area contributed by atoms with Gasteiger partial charge in [0.15, 0.2) is 0 Å². The predicted molar refractivity (Wildman–Crippen MR) is 110 cm³/mol. The number of urea groups is 1. The Bertz CT molecular complexity index is 809. The summed E-state index contributed by atoms with van der Waals surface area (Å²) in [7, 11) is 0. The molecule has 5 N–H and O–H groups in total. The first-order valence-corrected chi connectivity index (χ1v) is 9.34. The van der Waals surface area contributed by atoms with Crippen molar-refractivity contribution in [1.29, 1.82) is 0 Å². The number of primary amides is 1. The fraction of sp³-hybridized carbons (Fsp3) is 0.286. The summed E-state index contributed by atoms with van der Waals surface area (Å²) in [5.74, 6) is -0.115. The molecule has 8 heteroatoms. The summed E-state index contributed by atoms with van der Waals surface area (Å²) >= 11 is 0. The van der Waals surface area contributed by atoms with E-state index in [4.69, 9.17) is 10.5 Å². The van der Waals surface area contributed by atoms with Gasteiger partial charge >= 0.3 is 12.1 Å². The van der Waals surface area contributed by atoms with Gasteiger partial charge in [-0.05, 0) is 36.6 Å². The van der Waals surface area contributed by atoms with E-state index in [2.05, 4.69) is 16.0 Å². The molecule has 0 fully saturated rings. The van der Waals surface area contributed by atoms with Crippen molar-refractivity contribution in [2.24, 2.45) is 5.73 Å². The SMILES string of the molecule is CC(NC(=O)CCCNC(=O)OCc1ccccc1)c1ccc(NC(N)=O)cc1. The predicted octanol–water partition coefficient (Wildman–Crippen LogP) is 3.06. The number of amides is 4. The second-order valence-corrected chi connectivity index (χ2v) is 6.49. The molecule has 0 saturated carbocycles. The van der Waals surface area contributed by atoms with Crippen molar-refractivity contribution < 1.29 is 19.1 Å².